The third-order valence-electron chi connectivity index (χ3n) is 5.68. The first-order valence-electron chi connectivity index (χ1n) is 9.66. The second-order valence-electron chi connectivity index (χ2n) is 7.47. The molecule has 4 rings (SSSR count). The Labute approximate surface area is 164 Å². The number of carbonyl (C=O) groups excluding carboxylic acids is 2. The number of benzene rings is 2. The van der Waals surface area contributed by atoms with E-state index in [4.69, 9.17) is 0 Å². The summed E-state index contributed by atoms with van der Waals surface area (Å²) in [5, 5.41) is 0. The van der Waals surface area contributed by atoms with Gasteiger partial charge in [-0.3, -0.25) is 9.59 Å². The lowest BCUT2D eigenvalue weighted by molar-refractivity contribution is -0.134. The summed E-state index contributed by atoms with van der Waals surface area (Å²) in [6.45, 7) is 2.68. The maximum atomic E-state index is 13.1. The Morgan fingerprint density at radius 3 is 2.21 bits per heavy atom. The zero-order valence-corrected chi connectivity index (χ0v) is 15.9. The minimum Gasteiger partial charge on any atom is -0.368 e. The zero-order chi connectivity index (χ0) is 19.7. The van der Waals surface area contributed by atoms with Gasteiger partial charge >= 0.3 is 0 Å². The second kappa shape index (κ2) is 7.62. The van der Waals surface area contributed by atoms with Crippen LogP contribution in [0.2, 0.25) is 0 Å². The van der Waals surface area contributed by atoms with Crippen molar-refractivity contribution in [3.63, 3.8) is 0 Å². The molecular weight excluding hydrogens is 357 g/mol. The lowest BCUT2D eigenvalue weighted by atomic mass is 10.2. The van der Waals surface area contributed by atoms with Crippen molar-refractivity contribution in [2.75, 3.05) is 43.0 Å². The minimum atomic E-state index is -0.248. The van der Waals surface area contributed by atoms with E-state index in [1.54, 1.807) is 24.1 Å². The molecule has 2 aromatic rings. The van der Waals surface area contributed by atoms with Crippen LogP contribution in [0.15, 0.2) is 54.6 Å². The van der Waals surface area contributed by atoms with Gasteiger partial charge in [0.25, 0.3) is 0 Å². The first-order chi connectivity index (χ1) is 13.5. The van der Waals surface area contributed by atoms with Crippen LogP contribution in [0.1, 0.15) is 6.42 Å². The van der Waals surface area contributed by atoms with Gasteiger partial charge in [-0.25, -0.2) is 4.39 Å². The standard InChI is InChI=1S/C22H24FN3O2/c1-24(17-5-3-2-4-6-17)21(27)19-15-20(19)22(28)26-13-11-25(12-14-26)18-9-7-16(23)8-10-18/h2-10,19-20H,11-15H2,1H3. The summed E-state index contributed by atoms with van der Waals surface area (Å²) in [5.74, 6) is -0.570. The van der Waals surface area contributed by atoms with E-state index in [0.717, 1.165) is 11.4 Å². The molecule has 0 N–H and O–H groups in total. The fraction of sp³-hybridized carbons (Fsp3) is 0.364. The predicted octanol–water partition coefficient (Wildman–Crippen LogP) is 2.77. The van der Waals surface area contributed by atoms with Crippen LogP contribution in [-0.2, 0) is 9.59 Å². The summed E-state index contributed by atoms with van der Waals surface area (Å²) in [5.41, 5.74) is 1.82. The van der Waals surface area contributed by atoms with Gasteiger partial charge in [-0.2, -0.15) is 0 Å². The number of anilines is 2. The Hall–Kier alpha value is -2.89. The molecule has 28 heavy (non-hydrogen) atoms. The topological polar surface area (TPSA) is 43.9 Å². The molecule has 5 nitrogen and oxygen atoms in total. The number of nitrogens with zero attached hydrogens (tertiary/aromatic N) is 3. The lowest BCUT2D eigenvalue weighted by Gasteiger charge is -2.36. The third kappa shape index (κ3) is 3.72. The van der Waals surface area contributed by atoms with Gasteiger partial charge < -0.3 is 14.7 Å². The van der Waals surface area contributed by atoms with Crippen molar-refractivity contribution in [2.24, 2.45) is 11.8 Å². The lowest BCUT2D eigenvalue weighted by Crippen LogP contribution is -2.49. The molecule has 1 saturated heterocycles. The van der Waals surface area contributed by atoms with E-state index in [1.807, 2.05) is 35.2 Å². The molecule has 2 fully saturated rings. The Balaban J connectivity index is 1.30. The van der Waals surface area contributed by atoms with E-state index in [1.165, 1.54) is 12.1 Å². The third-order valence-corrected chi connectivity index (χ3v) is 5.68. The van der Waals surface area contributed by atoms with Crippen LogP contribution < -0.4 is 9.80 Å². The van der Waals surface area contributed by atoms with Crippen LogP contribution in [0.3, 0.4) is 0 Å². The number of rotatable bonds is 4. The van der Waals surface area contributed by atoms with E-state index in [9.17, 15) is 14.0 Å². The first-order valence-corrected chi connectivity index (χ1v) is 9.66. The van der Waals surface area contributed by atoms with Crippen molar-refractivity contribution in [2.45, 2.75) is 6.42 Å². The van der Waals surface area contributed by atoms with Crippen molar-refractivity contribution >= 4 is 23.2 Å². The highest BCUT2D eigenvalue weighted by atomic mass is 19.1. The van der Waals surface area contributed by atoms with E-state index >= 15 is 0 Å². The minimum absolute atomic E-state index is 0.00879. The molecule has 1 saturated carbocycles. The molecule has 0 bridgehead atoms. The Bertz CT molecular complexity index is 848. The van der Waals surface area contributed by atoms with Gasteiger partial charge in [0.2, 0.25) is 11.8 Å². The Morgan fingerprint density at radius 1 is 0.929 bits per heavy atom. The average molecular weight is 381 g/mol. The van der Waals surface area contributed by atoms with Gasteiger partial charge in [0, 0.05) is 44.6 Å². The van der Waals surface area contributed by atoms with Gasteiger partial charge in [-0.1, -0.05) is 18.2 Å². The van der Waals surface area contributed by atoms with Gasteiger partial charge in [0.05, 0.1) is 11.8 Å². The predicted molar refractivity (Wildman–Crippen MR) is 107 cm³/mol. The maximum Gasteiger partial charge on any atom is 0.230 e. The number of carbonyl (C=O) groups is 2. The van der Waals surface area contributed by atoms with Crippen LogP contribution in [0.4, 0.5) is 15.8 Å². The van der Waals surface area contributed by atoms with Crippen LogP contribution in [-0.4, -0.2) is 49.9 Å². The smallest absolute Gasteiger partial charge is 0.230 e. The molecular formula is C22H24FN3O2. The highest BCUT2D eigenvalue weighted by molar-refractivity contribution is 6.00. The fourth-order valence-corrected chi connectivity index (χ4v) is 3.84. The molecule has 0 spiro atoms. The highest BCUT2D eigenvalue weighted by Crippen LogP contribution is 2.42. The molecule has 2 unspecified atom stereocenters. The van der Waals surface area contributed by atoms with Crippen LogP contribution >= 0.6 is 0 Å². The van der Waals surface area contributed by atoms with Crippen molar-refractivity contribution < 1.29 is 14.0 Å². The van der Waals surface area contributed by atoms with E-state index in [-0.39, 0.29) is 29.5 Å². The van der Waals surface area contributed by atoms with Gasteiger partial charge in [-0.15, -0.1) is 0 Å². The molecule has 2 atom stereocenters. The normalized spacial score (nSPS) is 21.4. The van der Waals surface area contributed by atoms with Gasteiger partial charge in [0.15, 0.2) is 0 Å². The van der Waals surface area contributed by atoms with Crippen LogP contribution in [0.25, 0.3) is 0 Å². The SMILES string of the molecule is CN(C(=O)C1CC1C(=O)N1CCN(c2ccc(F)cc2)CC1)c1ccccc1. The molecule has 1 aliphatic carbocycles. The Kier molecular flexibility index (Phi) is 5.03. The van der Waals surface area contributed by atoms with Crippen molar-refractivity contribution in [1.29, 1.82) is 0 Å². The number of hydrogen-bond donors (Lipinski definition) is 0. The average Bonchev–Trinajstić information content (AvgIpc) is 3.54. The number of hydrogen-bond acceptors (Lipinski definition) is 3. The first kappa shape index (κ1) is 18.5. The molecule has 0 radical (unpaired) electrons. The van der Waals surface area contributed by atoms with E-state index < -0.39 is 0 Å². The van der Waals surface area contributed by atoms with Crippen molar-refractivity contribution in [1.82, 2.24) is 4.90 Å². The van der Waals surface area contributed by atoms with E-state index in [2.05, 4.69) is 4.90 Å². The molecule has 0 aromatic heterocycles. The highest BCUT2D eigenvalue weighted by Gasteiger charge is 2.50. The molecule has 2 aromatic carbocycles. The van der Waals surface area contributed by atoms with Crippen molar-refractivity contribution in [3.8, 4) is 0 Å². The number of para-hydroxylation sites is 1. The molecule has 1 aliphatic heterocycles. The largest absolute Gasteiger partial charge is 0.368 e. The summed E-state index contributed by atoms with van der Waals surface area (Å²) in [4.78, 5) is 31.2. The summed E-state index contributed by atoms with van der Waals surface area (Å²) in [7, 11) is 1.76. The molecule has 146 valence electrons. The number of piperazine rings is 1. The number of halogens is 1. The van der Waals surface area contributed by atoms with Crippen LogP contribution in [0, 0.1) is 17.7 Å². The fourth-order valence-electron chi connectivity index (χ4n) is 3.84. The molecule has 6 heteroatoms. The van der Waals surface area contributed by atoms with Gasteiger partial charge in [0.1, 0.15) is 5.82 Å². The summed E-state index contributed by atoms with van der Waals surface area (Å²) < 4.78 is 13.1. The summed E-state index contributed by atoms with van der Waals surface area (Å²) in [6, 6.07) is 15.9. The monoisotopic (exact) mass is 381 g/mol. The molecule has 2 amide bonds. The van der Waals surface area contributed by atoms with Crippen LogP contribution in [0.5, 0.6) is 0 Å². The Morgan fingerprint density at radius 2 is 1.57 bits per heavy atom. The zero-order valence-electron chi connectivity index (χ0n) is 15.9. The second-order valence-corrected chi connectivity index (χ2v) is 7.47. The quantitative estimate of drug-likeness (QED) is 0.818. The van der Waals surface area contributed by atoms with Gasteiger partial charge in [-0.05, 0) is 42.8 Å². The maximum absolute atomic E-state index is 13.1. The van der Waals surface area contributed by atoms with Crippen molar-refractivity contribution in [3.05, 3.63) is 60.4 Å². The van der Waals surface area contributed by atoms with E-state index in [0.29, 0.717) is 32.6 Å². The molecule has 1 heterocycles. The molecule has 2 aliphatic rings. The summed E-state index contributed by atoms with van der Waals surface area (Å²) >= 11 is 0. The summed E-state index contributed by atoms with van der Waals surface area (Å²) in [6.07, 6.45) is 0.632. The number of amides is 2.